The van der Waals surface area contributed by atoms with E-state index in [9.17, 15) is 14.7 Å². The highest BCUT2D eigenvalue weighted by molar-refractivity contribution is 7.98. The second-order valence-electron chi connectivity index (χ2n) is 9.51. The van der Waals surface area contributed by atoms with Gasteiger partial charge in [-0.05, 0) is 70.2 Å². The summed E-state index contributed by atoms with van der Waals surface area (Å²) in [6.45, 7) is 7.97. The zero-order chi connectivity index (χ0) is 23.8. The Kier molecular flexibility index (Phi) is 6.68. The summed E-state index contributed by atoms with van der Waals surface area (Å²) in [4.78, 5) is 30.1. The number of aromatic carboxylic acids is 1. The first-order valence-corrected chi connectivity index (χ1v) is 12.2. The molecule has 0 radical (unpaired) electrons. The van der Waals surface area contributed by atoms with Gasteiger partial charge in [0.1, 0.15) is 17.4 Å². The van der Waals surface area contributed by atoms with Crippen LogP contribution < -0.4 is 5.32 Å². The van der Waals surface area contributed by atoms with Crippen LogP contribution in [0.25, 0.3) is 0 Å². The molecule has 0 saturated carbocycles. The predicted octanol–water partition coefficient (Wildman–Crippen LogP) is 4.94. The maximum Gasteiger partial charge on any atom is 0.336 e. The Morgan fingerprint density at radius 1 is 1.27 bits per heavy atom. The minimum atomic E-state index is -0.984. The number of oxazole rings is 1. The molecule has 7 nitrogen and oxygen atoms in total. The van der Waals surface area contributed by atoms with Crippen molar-refractivity contribution in [1.82, 2.24) is 10.3 Å². The number of nitrogens with one attached hydrogen (secondary N) is 1. The summed E-state index contributed by atoms with van der Waals surface area (Å²) in [5.41, 5.74) is 2.09. The Balaban J connectivity index is 1.59. The SMILES string of the molecule is Cc1oc(C2CC=CC2)nc1CSc1cc2c(cc1C(=O)O)CCNC2C(=O)OC(C)(C)C. The number of thioether (sulfide) groups is 1. The molecule has 176 valence electrons. The molecular formula is C25H30N2O5S. The predicted molar refractivity (Wildman–Crippen MR) is 126 cm³/mol. The largest absolute Gasteiger partial charge is 0.478 e. The molecule has 0 fully saturated rings. The van der Waals surface area contributed by atoms with Crippen LogP contribution >= 0.6 is 11.8 Å². The Labute approximate surface area is 198 Å². The Morgan fingerprint density at radius 3 is 2.67 bits per heavy atom. The molecule has 4 rings (SSSR count). The van der Waals surface area contributed by atoms with Gasteiger partial charge < -0.3 is 19.6 Å². The van der Waals surface area contributed by atoms with Gasteiger partial charge in [-0.1, -0.05) is 12.2 Å². The van der Waals surface area contributed by atoms with Crippen LogP contribution in [0.4, 0.5) is 0 Å². The molecule has 2 aliphatic rings. The molecule has 2 heterocycles. The molecular weight excluding hydrogens is 440 g/mol. The van der Waals surface area contributed by atoms with Crippen LogP contribution in [0.5, 0.6) is 0 Å². The Bertz CT molecular complexity index is 1090. The van der Waals surface area contributed by atoms with Crippen LogP contribution in [0, 0.1) is 6.92 Å². The fourth-order valence-corrected chi connectivity index (χ4v) is 5.24. The van der Waals surface area contributed by atoms with Crippen molar-refractivity contribution in [1.29, 1.82) is 0 Å². The molecule has 8 heteroatoms. The third-order valence-corrected chi connectivity index (χ3v) is 6.87. The van der Waals surface area contributed by atoms with E-state index in [-0.39, 0.29) is 17.5 Å². The van der Waals surface area contributed by atoms with Crippen LogP contribution in [0.1, 0.15) is 84.4 Å². The van der Waals surface area contributed by atoms with Crippen LogP contribution in [-0.4, -0.2) is 34.2 Å². The van der Waals surface area contributed by atoms with Crippen LogP contribution in [0.2, 0.25) is 0 Å². The molecule has 1 atom stereocenters. The smallest absolute Gasteiger partial charge is 0.336 e. The number of esters is 1. The number of allylic oxidation sites excluding steroid dienone is 2. The lowest BCUT2D eigenvalue weighted by Crippen LogP contribution is -2.39. The molecule has 33 heavy (non-hydrogen) atoms. The van der Waals surface area contributed by atoms with Crippen molar-refractivity contribution in [2.24, 2.45) is 0 Å². The van der Waals surface area contributed by atoms with Gasteiger partial charge in [-0.3, -0.25) is 0 Å². The first kappa shape index (κ1) is 23.6. The number of hydrogen-bond acceptors (Lipinski definition) is 7. The van der Waals surface area contributed by atoms with Gasteiger partial charge in [0.2, 0.25) is 0 Å². The van der Waals surface area contributed by atoms with Gasteiger partial charge in [0.25, 0.3) is 0 Å². The fraction of sp³-hybridized carbons (Fsp3) is 0.480. The van der Waals surface area contributed by atoms with Crippen molar-refractivity contribution in [3.8, 4) is 0 Å². The van der Waals surface area contributed by atoms with E-state index >= 15 is 0 Å². The summed E-state index contributed by atoms with van der Waals surface area (Å²) in [6.07, 6.45) is 6.79. The highest BCUT2D eigenvalue weighted by Crippen LogP contribution is 2.36. The van der Waals surface area contributed by atoms with E-state index in [1.807, 2.05) is 33.8 Å². The van der Waals surface area contributed by atoms with Crippen molar-refractivity contribution in [2.75, 3.05) is 6.54 Å². The van der Waals surface area contributed by atoms with Crippen molar-refractivity contribution >= 4 is 23.7 Å². The number of carboxylic acids is 1. The van der Waals surface area contributed by atoms with E-state index in [0.29, 0.717) is 23.6 Å². The topological polar surface area (TPSA) is 102 Å². The lowest BCUT2D eigenvalue weighted by Gasteiger charge is -2.29. The van der Waals surface area contributed by atoms with Crippen LogP contribution in [0.15, 0.2) is 33.6 Å². The molecule has 2 aromatic rings. The normalized spacial score (nSPS) is 18.4. The molecule has 0 amide bonds. The number of rotatable bonds is 6. The van der Waals surface area contributed by atoms with E-state index in [4.69, 9.17) is 14.1 Å². The standard InChI is InChI=1S/C25H30N2O5S/c1-14-19(27-22(31-14)15-7-5-6-8-15)13-33-20-12-17-16(11-18(20)23(28)29)9-10-26-21(17)24(30)32-25(2,3)4/h5-6,11-12,15,21,26H,7-10,13H2,1-4H3,(H,28,29). The average Bonchev–Trinajstić information content (AvgIpc) is 3.39. The molecule has 1 aliphatic heterocycles. The maximum absolute atomic E-state index is 12.8. The van der Waals surface area contributed by atoms with Gasteiger partial charge >= 0.3 is 11.9 Å². The Morgan fingerprint density at radius 2 is 2.00 bits per heavy atom. The number of carbonyl (C=O) groups is 2. The summed E-state index contributed by atoms with van der Waals surface area (Å²) in [5, 5.41) is 13.1. The lowest BCUT2D eigenvalue weighted by atomic mass is 9.92. The first-order valence-electron chi connectivity index (χ1n) is 11.2. The number of nitrogens with zero attached hydrogens (tertiary/aromatic N) is 1. The molecule has 1 aromatic carbocycles. The quantitative estimate of drug-likeness (QED) is 0.348. The summed E-state index contributed by atoms with van der Waals surface area (Å²) >= 11 is 1.40. The minimum Gasteiger partial charge on any atom is -0.478 e. The number of aryl methyl sites for hydroxylation is 1. The molecule has 1 aromatic heterocycles. The highest BCUT2D eigenvalue weighted by Gasteiger charge is 2.32. The number of carbonyl (C=O) groups excluding carboxylic acids is 1. The third kappa shape index (κ3) is 5.33. The molecule has 1 aliphatic carbocycles. The highest BCUT2D eigenvalue weighted by atomic mass is 32.2. The molecule has 1 unspecified atom stereocenters. The monoisotopic (exact) mass is 470 g/mol. The van der Waals surface area contributed by atoms with Crippen molar-refractivity contribution in [2.45, 2.75) is 75.2 Å². The van der Waals surface area contributed by atoms with Gasteiger partial charge in [-0.25, -0.2) is 14.6 Å². The van der Waals surface area contributed by atoms with E-state index in [1.54, 1.807) is 6.07 Å². The van der Waals surface area contributed by atoms with Gasteiger partial charge in [0, 0.05) is 23.1 Å². The Hall–Kier alpha value is -2.58. The lowest BCUT2D eigenvalue weighted by molar-refractivity contribution is -0.157. The first-order chi connectivity index (χ1) is 15.6. The zero-order valence-corrected chi connectivity index (χ0v) is 20.3. The summed E-state index contributed by atoms with van der Waals surface area (Å²) in [5.74, 6) is 0.922. The van der Waals surface area contributed by atoms with E-state index in [2.05, 4.69) is 17.5 Å². The number of hydrogen-bond donors (Lipinski definition) is 2. The van der Waals surface area contributed by atoms with Crippen molar-refractivity contribution < 1.29 is 23.8 Å². The summed E-state index contributed by atoms with van der Waals surface area (Å²) < 4.78 is 11.5. The number of aromatic nitrogens is 1. The van der Waals surface area contributed by atoms with Gasteiger partial charge in [0.05, 0.1) is 11.3 Å². The molecule has 0 spiro atoms. The summed E-state index contributed by atoms with van der Waals surface area (Å²) in [7, 11) is 0. The zero-order valence-electron chi connectivity index (χ0n) is 19.4. The average molecular weight is 471 g/mol. The van der Waals surface area contributed by atoms with E-state index < -0.39 is 17.6 Å². The second kappa shape index (κ2) is 9.35. The van der Waals surface area contributed by atoms with Crippen molar-refractivity contribution in [3.63, 3.8) is 0 Å². The van der Waals surface area contributed by atoms with Crippen LogP contribution in [0.3, 0.4) is 0 Å². The van der Waals surface area contributed by atoms with Gasteiger partial charge in [-0.2, -0.15) is 0 Å². The van der Waals surface area contributed by atoms with E-state index in [0.717, 1.165) is 41.3 Å². The van der Waals surface area contributed by atoms with Gasteiger partial charge in [-0.15, -0.1) is 11.8 Å². The third-order valence-electron chi connectivity index (χ3n) is 5.80. The van der Waals surface area contributed by atoms with Gasteiger partial charge in [0.15, 0.2) is 5.89 Å². The summed E-state index contributed by atoms with van der Waals surface area (Å²) in [6, 6.07) is 2.90. The van der Waals surface area contributed by atoms with E-state index in [1.165, 1.54) is 11.8 Å². The molecule has 2 N–H and O–H groups in total. The number of benzene rings is 1. The van der Waals surface area contributed by atoms with Crippen LogP contribution in [-0.2, 0) is 21.7 Å². The molecule has 0 bridgehead atoms. The van der Waals surface area contributed by atoms with Crippen molar-refractivity contribution in [3.05, 3.63) is 58.3 Å². The number of carboxylic acid groups (broad SMARTS) is 1. The second-order valence-corrected chi connectivity index (χ2v) is 10.5. The fourth-order valence-electron chi connectivity index (χ4n) is 4.17. The maximum atomic E-state index is 12.8. The number of fused-ring (bicyclic) bond motifs is 1. The minimum absolute atomic E-state index is 0.241. The molecule has 0 saturated heterocycles. The number of ether oxygens (including phenoxy) is 1.